The molecule has 0 fully saturated rings. The van der Waals surface area contributed by atoms with Gasteiger partial charge in [-0.2, -0.15) is 4.31 Å². The van der Waals surface area contributed by atoms with Gasteiger partial charge in [0, 0.05) is 23.8 Å². The summed E-state index contributed by atoms with van der Waals surface area (Å²) in [4.78, 5) is 0.242. The second-order valence-electron chi connectivity index (χ2n) is 5.32. The number of hydrogen-bond acceptors (Lipinski definition) is 3. The first-order chi connectivity index (χ1) is 12.3. The number of nitrogens with one attached hydrogen (secondary N) is 2. The smallest absolute Gasteiger partial charge is 0.243 e. The number of hydrogen-bond donors (Lipinski definition) is 2. The lowest BCUT2D eigenvalue weighted by molar-refractivity contribution is 0.445. The van der Waals surface area contributed by atoms with Crippen LogP contribution in [0.3, 0.4) is 0 Å². The molecular formula is C17H19Cl2N3O2S2. The molecule has 2 N–H and O–H groups in total. The highest BCUT2D eigenvalue weighted by Gasteiger charge is 2.21. The zero-order chi connectivity index (χ0) is 19.3. The Morgan fingerprint density at radius 3 is 2.19 bits per heavy atom. The average molecular weight is 432 g/mol. The van der Waals surface area contributed by atoms with Crippen molar-refractivity contribution in [3.8, 4) is 0 Å². The summed E-state index contributed by atoms with van der Waals surface area (Å²) in [6.45, 7) is 4.47. The summed E-state index contributed by atoms with van der Waals surface area (Å²) in [6, 6.07) is 11.5. The van der Waals surface area contributed by atoms with E-state index in [2.05, 4.69) is 10.6 Å². The molecule has 0 heterocycles. The Morgan fingerprint density at radius 2 is 1.65 bits per heavy atom. The van der Waals surface area contributed by atoms with Crippen molar-refractivity contribution < 1.29 is 8.42 Å². The number of nitrogens with zero attached hydrogens (tertiary/aromatic N) is 1. The SMILES string of the molecule is CCN(CC)S(=O)(=O)c1ccc(NC(=S)Nc2ccc(Cl)cc2Cl)cc1. The van der Waals surface area contributed by atoms with Gasteiger partial charge in [0.05, 0.1) is 15.6 Å². The maximum atomic E-state index is 12.5. The van der Waals surface area contributed by atoms with Gasteiger partial charge >= 0.3 is 0 Å². The van der Waals surface area contributed by atoms with Crippen molar-refractivity contribution in [3.05, 3.63) is 52.5 Å². The highest BCUT2D eigenvalue weighted by Crippen LogP contribution is 2.25. The third kappa shape index (κ3) is 5.08. The van der Waals surface area contributed by atoms with Crippen LogP contribution >= 0.6 is 35.4 Å². The minimum Gasteiger partial charge on any atom is -0.332 e. The molecule has 0 saturated carbocycles. The molecule has 0 amide bonds. The predicted molar refractivity (Wildman–Crippen MR) is 113 cm³/mol. The Labute approximate surface area is 169 Å². The van der Waals surface area contributed by atoms with Gasteiger partial charge in [0.25, 0.3) is 0 Å². The summed E-state index contributed by atoms with van der Waals surface area (Å²) in [7, 11) is -3.48. The molecule has 0 bridgehead atoms. The van der Waals surface area contributed by atoms with Crippen molar-refractivity contribution in [2.45, 2.75) is 18.7 Å². The molecule has 2 aromatic carbocycles. The second-order valence-corrected chi connectivity index (χ2v) is 8.51. The van der Waals surface area contributed by atoms with E-state index in [1.807, 2.05) is 13.8 Å². The van der Waals surface area contributed by atoms with E-state index in [-0.39, 0.29) is 4.90 Å². The van der Waals surface area contributed by atoms with Gasteiger partial charge in [0.2, 0.25) is 10.0 Å². The number of halogens is 2. The van der Waals surface area contributed by atoms with E-state index in [1.54, 1.807) is 42.5 Å². The fourth-order valence-electron chi connectivity index (χ4n) is 2.30. The molecule has 0 aliphatic carbocycles. The average Bonchev–Trinajstić information content (AvgIpc) is 2.59. The minimum atomic E-state index is -3.48. The van der Waals surface area contributed by atoms with E-state index in [0.717, 1.165) is 0 Å². The second kappa shape index (κ2) is 9.01. The molecule has 26 heavy (non-hydrogen) atoms. The summed E-state index contributed by atoms with van der Waals surface area (Å²) in [6.07, 6.45) is 0. The van der Waals surface area contributed by atoms with Crippen molar-refractivity contribution in [2.24, 2.45) is 0 Å². The van der Waals surface area contributed by atoms with Crippen LogP contribution < -0.4 is 10.6 Å². The number of anilines is 2. The molecule has 0 saturated heterocycles. The van der Waals surface area contributed by atoms with Gasteiger partial charge in [0.15, 0.2) is 5.11 Å². The van der Waals surface area contributed by atoms with E-state index in [1.165, 1.54) is 4.31 Å². The van der Waals surface area contributed by atoms with Gasteiger partial charge in [-0.25, -0.2) is 8.42 Å². The maximum absolute atomic E-state index is 12.5. The third-order valence-electron chi connectivity index (χ3n) is 3.63. The van der Waals surface area contributed by atoms with E-state index in [9.17, 15) is 8.42 Å². The van der Waals surface area contributed by atoms with Gasteiger partial charge in [-0.1, -0.05) is 37.0 Å². The molecule has 0 spiro atoms. The topological polar surface area (TPSA) is 61.4 Å². The van der Waals surface area contributed by atoms with Crippen LogP contribution in [0.4, 0.5) is 11.4 Å². The summed E-state index contributed by atoms with van der Waals surface area (Å²) < 4.78 is 26.4. The summed E-state index contributed by atoms with van der Waals surface area (Å²) in [5.74, 6) is 0. The van der Waals surface area contributed by atoms with Crippen LogP contribution in [0.15, 0.2) is 47.4 Å². The van der Waals surface area contributed by atoms with E-state index in [4.69, 9.17) is 35.4 Å². The van der Waals surface area contributed by atoms with Gasteiger partial charge in [-0.05, 0) is 54.7 Å². The first-order valence-electron chi connectivity index (χ1n) is 7.91. The maximum Gasteiger partial charge on any atom is 0.243 e. The molecule has 140 valence electrons. The summed E-state index contributed by atoms with van der Waals surface area (Å²) in [5, 5.41) is 7.26. The lowest BCUT2D eigenvalue weighted by atomic mass is 10.3. The molecule has 0 atom stereocenters. The molecule has 0 aliphatic rings. The quantitative estimate of drug-likeness (QED) is 0.641. The lowest BCUT2D eigenvalue weighted by Gasteiger charge is -2.18. The van der Waals surface area contributed by atoms with Crippen molar-refractivity contribution >= 4 is 61.9 Å². The molecule has 0 aromatic heterocycles. The molecule has 5 nitrogen and oxygen atoms in total. The number of thiocarbonyl (C=S) groups is 1. The van der Waals surface area contributed by atoms with Crippen molar-refractivity contribution in [3.63, 3.8) is 0 Å². The van der Waals surface area contributed by atoms with Crippen LogP contribution in [0.5, 0.6) is 0 Å². The molecule has 9 heteroatoms. The third-order valence-corrected chi connectivity index (χ3v) is 6.45. The first-order valence-corrected chi connectivity index (χ1v) is 10.5. The van der Waals surface area contributed by atoms with Crippen LogP contribution in [0.25, 0.3) is 0 Å². The predicted octanol–water partition coefficient (Wildman–Crippen LogP) is 4.83. The monoisotopic (exact) mass is 431 g/mol. The van der Waals surface area contributed by atoms with Crippen molar-refractivity contribution in [2.75, 3.05) is 23.7 Å². The number of rotatable bonds is 6. The molecule has 0 radical (unpaired) electrons. The summed E-state index contributed by atoms with van der Waals surface area (Å²) in [5.41, 5.74) is 1.28. The molecule has 2 aromatic rings. The van der Waals surface area contributed by atoms with E-state index in [0.29, 0.717) is 39.6 Å². The zero-order valence-electron chi connectivity index (χ0n) is 14.3. The number of sulfonamides is 1. The first kappa shape index (κ1) is 20.9. The van der Waals surface area contributed by atoms with Gasteiger partial charge in [-0.3, -0.25) is 0 Å². The molecular weight excluding hydrogens is 413 g/mol. The minimum absolute atomic E-state index is 0.242. The van der Waals surface area contributed by atoms with Gasteiger partial charge in [-0.15, -0.1) is 0 Å². The van der Waals surface area contributed by atoms with Crippen molar-refractivity contribution in [1.82, 2.24) is 4.31 Å². The van der Waals surface area contributed by atoms with E-state index < -0.39 is 10.0 Å². The fourth-order valence-corrected chi connectivity index (χ4v) is 4.44. The highest BCUT2D eigenvalue weighted by molar-refractivity contribution is 7.89. The highest BCUT2D eigenvalue weighted by atomic mass is 35.5. The molecule has 2 rings (SSSR count). The van der Waals surface area contributed by atoms with Crippen molar-refractivity contribution in [1.29, 1.82) is 0 Å². The van der Waals surface area contributed by atoms with Crippen LogP contribution in [0, 0.1) is 0 Å². The Morgan fingerprint density at radius 1 is 1.04 bits per heavy atom. The van der Waals surface area contributed by atoms with Gasteiger partial charge < -0.3 is 10.6 Å². The number of benzene rings is 2. The Balaban J connectivity index is 2.08. The fraction of sp³-hybridized carbons (Fsp3) is 0.235. The normalized spacial score (nSPS) is 11.4. The largest absolute Gasteiger partial charge is 0.332 e. The van der Waals surface area contributed by atoms with Crippen LogP contribution in [0.1, 0.15) is 13.8 Å². The zero-order valence-corrected chi connectivity index (χ0v) is 17.4. The van der Waals surface area contributed by atoms with Crippen LogP contribution in [-0.2, 0) is 10.0 Å². The Kier molecular flexibility index (Phi) is 7.25. The molecule has 0 aliphatic heterocycles. The standard InChI is InChI=1S/C17H19Cl2N3O2S2/c1-3-22(4-2)26(23,24)14-8-6-13(7-9-14)20-17(25)21-16-10-5-12(18)11-15(16)19/h5-11H,3-4H2,1-2H3,(H2,20,21,25). The van der Waals surface area contributed by atoms with Crippen LogP contribution in [0.2, 0.25) is 10.0 Å². The molecule has 0 unspecified atom stereocenters. The Hall–Kier alpha value is -1.38. The van der Waals surface area contributed by atoms with E-state index >= 15 is 0 Å². The van der Waals surface area contributed by atoms with Crippen LogP contribution in [-0.4, -0.2) is 30.9 Å². The lowest BCUT2D eigenvalue weighted by Crippen LogP contribution is -2.30. The van der Waals surface area contributed by atoms with Gasteiger partial charge in [0.1, 0.15) is 0 Å². The Bertz CT molecular complexity index is 883. The summed E-state index contributed by atoms with van der Waals surface area (Å²) >= 11 is 17.2.